The minimum Gasteiger partial charge on any atom is -0.302 e. The van der Waals surface area contributed by atoms with Gasteiger partial charge in [-0.05, 0) is 6.42 Å². The number of hydrogen-bond acceptors (Lipinski definition) is 3. The van der Waals surface area contributed by atoms with Gasteiger partial charge in [0.15, 0.2) is 0 Å². The normalized spacial score (nSPS) is 8.62. The second-order valence-electron chi connectivity index (χ2n) is 1.20. The van der Waals surface area contributed by atoms with Crippen LogP contribution in [0, 0.1) is 0 Å². The molecule has 0 aliphatic carbocycles. The van der Waals surface area contributed by atoms with Crippen LogP contribution in [-0.4, -0.2) is 16.2 Å². The van der Waals surface area contributed by atoms with Crippen molar-refractivity contribution in [1.82, 2.24) is 0 Å². The van der Waals surface area contributed by atoms with Crippen LogP contribution >= 0.6 is 24.0 Å². The number of thiocarbonyl (C=S) groups is 1. The highest BCUT2D eigenvalue weighted by Crippen LogP contribution is 2.04. The predicted octanol–water partition coefficient (Wildman–Crippen LogP) is 1.66. The van der Waals surface area contributed by atoms with Crippen LogP contribution in [0.3, 0.4) is 0 Å². The second kappa shape index (κ2) is 5.25. The first-order valence-corrected chi connectivity index (χ1v) is 3.80. The van der Waals surface area contributed by atoms with Gasteiger partial charge in [0.1, 0.15) is 6.29 Å². The van der Waals surface area contributed by atoms with Crippen LogP contribution < -0.4 is 0 Å². The third-order valence-electron chi connectivity index (χ3n) is 0.601. The van der Waals surface area contributed by atoms with E-state index < -0.39 is 0 Å². The molecule has 0 aromatic carbocycles. The summed E-state index contributed by atoms with van der Waals surface area (Å²) < 4.78 is 0.914. The van der Waals surface area contributed by atoms with Crippen LogP contribution in [0.5, 0.6) is 0 Å². The van der Waals surface area contributed by atoms with E-state index in [0.717, 1.165) is 16.9 Å². The van der Waals surface area contributed by atoms with Crippen molar-refractivity contribution in [2.24, 2.45) is 0 Å². The maximum atomic E-state index is 9.74. The first kappa shape index (κ1) is 8.11. The number of aldehydes is 1. The Hall–Kier alpha value is 0.110. The third-order valence-corrected chi connectivity index (χ3v) is 2.16. The zero-order valence-electron chi connectivity index (χ0n) is 4.72. The summed E-state index contributed by atoms with van der Waals surface area (Å²) in [6, 6.07) is 0. The van der Waals surface area contributed by atoms with Gasteiger partial charge in [0.2, 0.25) is 0 Å². The molecule has 0 fully saturated rings. The highest BCUT2D eigenvalue weighted by molar-refractivity contribution is 8.23. The molecule has 8 heavy (non-hydrogen) atoms. The van der Waals surface area contributed by atoms with Gasteiger partial charge in [-0.3, -0.25) is 0 Å². The van der Waals surface area contributed by atoms with Crippen molar-refractivity contribution in [3.63, 3.8) is 0 Å². The molecule has 0 aromatic heterocycles. The molecule has 0 saturated heterocycles. The minimum absolute atomic E-state index is 0.507. The van der Waals surface area contributed by atoms with E-state index in [-0.39, 0.29) is 0 Å². The van der Waals surface area contributed by atoms with Crippen LogP contribution in [0.2, 0.25) is 0 Å². The molecule has 0 rings (SSSR count). The lowest BCUT2D eigenvalue weighted by atomic mass is 10.6. The molecule has 0 saturated carbocycles. The zero-order chi connectivity index (χ0) is 6.41. The van der Waals surface area contributed by atoms with Crippen molar-refractivity contribution >= 4 is 34.5 Å². The van der Waals surface area contributed by atoms with Crippen LogP contribution in [0.25, 0.3) is 0 Å². The molecule has 46 valence electrons. The highest BCUT2D eigenvalue weighted by atomic mass is 32.2. The topological polar surface area (TPSA) is 17.1 Å². The van der Waals surface area contributed by atoms with E-state index in [1.54, 1.807) is 0 Å². The van der Waals surface area contributed by atoms with Gasteiger partial charge in [-0.2, -0.15) is 0 Å². The van der Waals surface area contributed by atoms with Crippen LogP contribution in [0.1, 0.15) is 13.3 Å². The Morgan fingerprint density at radius 3 is 2.88 bits per heavy atom. The summed E-state index contributed by atoms with van der Waals surface area (Å²) in [5.41, 5.74) is 0. The van der Waals surface area contributed by atoms with Crippen LogP contribution in [0.4, 0.5) is 0 Å². The Balaban J connectivity index is 3.11. The summed E-state index contributed by atoms with van der Waals surface area (Å²) in [5, 5.41) is 0. The van der Waals surface area contributed by atoms with E-state index in [4.69, 9.17) is 12.2 Å². The Morgan fingerprint density at radius 2 is 2.50 bits per heavy atom. The predicted molar refractivity (Wildman–Crippen MR) is 41.4 cm³/mol. The molecule has 0 spiro atoms. The van der Waals surface area contributed by atoms with Gasteiger partial charge in [0.25, 0.3) is 0 Å². The number of carbonyl (C=O) groups is 1. The SMILES string of the molecule is CCC(=S)SCC=O. The average Bonchev–Trinajstić information content (AvgIpc) is 1.83. The molecular weight excluding hydrogens is 140 g/mol. The summed E-state index contributed by atoms with van der Waals surface area (Å²) in [6.45, 7) is 1.99. The Labute approximate surface area is 58.8 Å². The lowest BCUT2D eigenvalue weighted by Crippen LogP contribution is -1.86. The van der Waals surface area contributed by atoms with Gasteiger partial charge >= 0.3 is 0 Å². The van der Waals surface area contributed by atoms with Gasteiger partial charge < -0.3 is 4.79 Å². The van der Waals surface area contributed by atoms with Crippen LogP contribution in [0.15, 0.2) is 0 Å². The summed E-state index contributed by atoms with van der Waals surface area (Å²) in [7, 11) is 0. The van der Waals surface area contributed by atoms with Crippen molar-refractivity contribution in [3.8, 4) is 0 Å². The lowest BCUT2D eigenvalue weighted by Gasteiger charge is -1.90. The maximum Gasteiger partial charge on any atom is 0.130 e. The fraction of sp³-hybridized carbons (Fsp3) is 0.600. The zero-order valence-corrected chi connectivity index (χ0v) is 6.35. The van der Waals surface area contributed by atoms with Crippen molar-refractivity contribution in [3.05, 3.63) is 0 Å². The number of carbonyl (C=O) groups excluding carboxylic acids is 1. The molecule has 0 N–H and O–H groups in total. The summed E-state index contributed by atoms with van der Waals surface area (Å²) >= 11 is 6.26. The van der Waals surface area contributed by atoms with E-state index in [0.29, 0.717) is 5.75 Å². The quantitative estimate of drug-likeness (QED) is 0.447. The summed E-state index contributed by atoms with van der Waals surface area (Å²) in [6.07, 6.45) is 1.75. The van der Waals surface area contributed by atoms with Crippen molar-refractivity contribution in [1.29, 1.82) is 0 Å². The fourth-order valence-corrected chi connectivity index (χ4v) is 0.891. The molecule has 0 aliphatic rings. The molecule has 0 bridgehead atoms. The highest BCUT2D eigenvalue weighted by Gasteiger charge is 1.89. The molecule has 1 nitrogen and oxygen atoms in total. The average molecular weight is 148 g/mol. The molecule has 3 heteroatoms. The molecule has 0 aromatic rings. The largest absolute Gasteiger partial charge is 0.302 e. The smallest absolute Gasteiger partial charge is 0.130 e. The maximum absolute atomic E-state index is 9.74. The van der Waals surface area contributed by atoms with Crippen LogP contribution in [-0.2, 0) is 4.79 Å². The molecule has 0 unspecified atom stereocenters. The van der Waals surface area contributed by atoms with E-state index in [2.05, 4.69) is 0 Å². The van der Waals surface area contributed by atoms with Gasteiger partial charge in [-0.1, -0.05) is 19.1 Å². The lowest BCUT2D eigenvalue weighted by molar-refractivity contribution is -0.105. The molecule has 0 amide bonds. The summed E-state index contributed by atoms with van der Waals surface area (Å²) in [5.74, 6) is 0.507. The van der Waals surface area contributed by atoms with E-state index in [9.17, 15) is 4.79 Å². The van der Waals surface area contributed by atoms with Gasteiger partial charge in [0.05, 0.1) is 5.75 Å². The standard InChI is InChI=1S/C5H8OS2/c1-2-5(7)8-4-3-6/h3H,2,4H2,1H3. The Bertz CT molecular complexity index is 90.4. The van der Waals surface area contributed by atoms with Crippen molar-refractivity contribution in [2.75, 3.05) is 5.75 Å². The molecule has 0 heterocycles. The van der Waals surface area contributed by atoms with Gasteiger partial charge in [-0.15, -0.1) is 11.8 Å². The third kappa shape index (κ3) is 4.27. The van der Waals surface area contributed by atoms with Crippen molar-refractivity contribution < 1.29 is 4.79 Å². The molecular formula is C5H8OS2. The Morgan fingerprint density at radius 1 is 1.88 bits per heavy atom. The monoisotopic (exact) mass is 148 g/mol. The van der Waals surface area contributed by atoms with Crippen molar-refractivity contribution in [2.45, 2.75) is 13.3 Å². The molecule has 0 radical (unpaired) electrons. The van der Waals surface area contributed by atoms with E-state index in [1.807, 2.05) is 6.92 Å². The van der Waals surface area contributed by atoms with Gasteiger partial charge in [-0.25, -0.2) is 0 Å². The first-order valence-electron chi connectivity index (χ1n) is 2.40. The first-order chi connectivity index (χ1) is 3.81. The van der Waals surface area contributed by atoms with Gasteiger partial charge in [0, 0.05) is 4.20 Å². The van der Waals surface area contributed by atoms with E-state index >= 15 is 0 Å². The summed E-state index contributed by atoms with van der Waals surface area (Å²) in [4.78, 5) is 9.74. The Kier molecular flexibility index (Phi) is 5.32. The number of thioether (sulfide) groups is 1. The molecule has 0 atom stereocenters. The number of hydrogen-bond donors (Lipinski definition) is 0. The fourth-order valence-electron chi connectivity index (χ4n) is 0.229. The minimum atomic E-state index is 0.507. The second-order valence-corrected chi connectivity index (χ2v) is 3.07. The molecule has 0 aliphatic heterocycles. The number of rotatable bonds is 3. The van der Waals surface area contributed by atoms with E-state index in [1.165, 1.54) is 11.8 Å².